The number of hydrogen-bond acceptors (Lipinski definition) is 6. The summed E-state index contributed by atoms with van der Waals surface area (Å²) in [5.41, 5.74) is 0.968. The Morgan fingerprint density at radius 3 is 3.19 bits per heavy atom. The quantitative estimate of drug-likeness (QED) is 0.744. The van der Waals surface area contributed by atoms with Crippen LogP contribution in [0.4, 0.5) is 5.13 Å². The maximum absolute atomic E-state index is 12.5. The van der Waals surface area contributed by atoms with E-state index < -0.39 is 0 Å². The molecule has 26 heavy (non-hydrogen) atoms. The van der Waals surface area contributed by atoms with Gasteiger partial charge in [-0.25, -0.2) is 4.98 Å². The Kier molecular flexibility index (Phi) is 4.79. The van der Waals surface area contributed by atoms with Crippen LogP contribution >= 0.6 is 11.3 Å². The number of hydrogen-bond donors (Lipinski definition) is 1. The maximum atomic E-state index is 12.5. The standard InChI is InChI=1S/C19H21N3O3S/c1-24-14-6-7-16-17(10-14)26-19(21-16)22-8-2-4-13(12-22)18(23)20-11-15-5-3-9-25-15/h3,5-7,9-10,13H,2,4,8,11-12H2,1H3,(H,20,23). The smallest absolute Gasteiger partial charge is 0.225 e. The molecule has 6 nitrogen and oxygen atoms in total. The van der Waals surface area contributed by atoms with Crippen molar-refractivity contribution in [3.8, 4) is 5.75 Å². The molecule has 0 aliphatic carbocycles. The van der Waals surface area contributed by atoms with Crippen molar-refractivity contribution in [1.29, 1.82) is 0 Å². The van der Waals surface area contributed by atoms with E-state index in [0.29, 0.717) is 13.1 Å². The molecular weight excluding hydrogens is 350 g/mol. The summed E-state index contributed by atoms with van der Waals surface area (Å²) in [6.45, 7) is 2.06. The molecule has 1 fully saturated rings. The lowest BCUT2D eigenvalue weighted by atomic mass is 9.97. The summed E-state index contributed by atoms with van der Waals surface area (Å²) >= 11 is 1.65. The van der Waals surface area contributed by atoms with E-state index in [4.69, 9.17) is 14.1 Å². The minimum Gasteiger partial charge on any atom is -0.497 e. The van der Waals surface area contributed by atoms with Gasteiger partial charge in [-0.1, -0.05) is 11.3 Å². The number of amides is 1. The van der Waals surface area contributed by atoms with Crippen molar-refractivity contribution in [2.24, 2.45) is 5.92 Å². The number of carbonyl (C=O) groups is 1. The fourth-order valence-electron chi connectivity index (χ4n) is 3.25. The SMILES string of the molecule is COc1ccc2nc(N3CCCC(C(=O)NCc4ccco4)C3)sc2c1. The third kappa shape index (κ3) is 3.53. The van der Waals surface area contributed by atoms with E-state index in [-0.39, 0.29) is 11.8 Å². The Morgan fingerprint density at radius 2 is 2.38 bits per heavy atom. The first-order valence-corrected chi connectivity index (χ1v) is 9.54. The van der Waals surface area contributed by atoms with E-state index in [1.807, 2.05) is 30.3 Å². The third-order valence-electron chi connectivity index (χ3n) is 4.66. The molecule has 4 rings (SSSR count). The first-order valence-electron chi connectivity index (χ1n) is 8.72. The third-order valence-corrected chi connectivity index (χ3v) is 5.74. The van der Waals surface area contributed by atoms with Crippen molar-refractivity contribution in [2.75, 3.05) is 25.1 Å². The van der Waals surface area contributed by atoms with E-state index in [1.165, 1.54) is 0 Å². The molecule has 1 saturated heterocycles. The zero-order valence-electron chi connectivity index (χ0n) is 14.6. The normalized spacial score (nSPS) is 17.4. The second-order valence-electron chi connectivity index (χ2n) is 6.41. The number of fused-ring (bicyclic) bond motifs is 1. The number of methoxy groups -OCH3 is 1. The molecule has 136 valence electrons. The van der Waals surface area contributed by atoms with Gasteiger partial charge < -0.3 is 19.4 Å². The number of nitrogens with one attached hydrogen (secondary N) is 1. The van der Waals surface area contributed by atoms with E-state index >= 15 is 0 Å². The number of thiazole rings is 1. The van der Waals surface area contributed by atoms with Gasteiger partial charge in [-0.3, -0.25) is 4.79 Å². The molecule has 1 aromatic carbocycles. The number of aromatic nitrogens is 1. The van der Waals surface area contributed by atoms with E-state index in [1.54, 1.807) is 24.7 Å². The average molecular weight is 371 g/mol. The van der Waals surface area contributed by atoms with E-state index in [9.17, 15) is 4.79 Å². The molecule has 1 N–H and O–H groups in total. The highest BCUT2D eigenvalue weighted by Gasteiger charge is 2.27. The van der Waals surface area contributed by atoms with Crippen molar-refractivity contribution in [1.82, 2.24) is 10.3 Å². The van der Waals surface area contributed by atoms with Gasteiger partial charge in [-0.05, 0) is 43.2 Å². The van der Waals surface area contributed by atoms with Crippen LogP contribution in [0.15, 0.2) is 41.0 Å². The minimum absolute atomic E-state index is 0.0275. The summed E-state index contributed by atoms with van der Waals surface area (Å²) < 4.78 is 11.7. The molecule has 1 amide bonds. The fraction of sp³-hybridized carbons (Fsp3) is 0.368. The monoisotopic (exact) mass is 371 g/mol. The lowest BCUT2D eigenvalue weighted by molar-refractivity contribution is -0.125. The molecule has 1 unspecified atom stereocenters. The number of piperidine rings is 1. The van der Waals surface area contributed by atoms with Crippen LogP contribution in [0.1, 0.15) is 18.6 Å². The molecule has 3 heterocycles. The summed E-state index contributed by atoms with van der Waals surface area (Å²) in [4.78, 5) is 19.5. The number of nitrogens with zero attached hydrogens (tertiary/aromatic N) is 2. The molecule has 0 spiro atoms. The molecule has 0 radical (unpaired) electrons. The highest BCUT2D eigenvalue weighted by atomic mass is 32.1. The van der Waals surface area contributed by atoms with Gasteiger partial charge in [0.25, 0.3) is 0 Å². The first kappa shape index (κ1) is 16.9. The predicted octanol–water partition coefficient (Wildman–Crippen LogP) is 3.43. The van der Waals surface area contributed by atoms with Gasteiger partial charge in [0.1, 0.15) is 11.5 Å². The minimum atomic E-state index is -0.0275. The van der Waals surface area contributed by atoms with Gasteiger partial charge in [-0.15, -0.1) is 0 Å². The summed E-state index contributed by atoms with van der Waals surface area (Å²) in [5.74, 6) is 1.65. The molecule has 3 aromatic rings. The van der Waals surface area contributed by atoms with Crippen LogP contribution in [-0.2, 0) is 11.3 Å². The number of benzene rings is 1. The van der Waals surface area contributed by atoms with Crippen LogP contribution in [-0.4, -0.2) is 31.1 Å². The Hall–Kier alpha value is -2.54. The van der Waals surface area contributed by atoms with Crippen molar-refractivity contribution < 1.29 is 13.9 Å². The molecule has 2 aromatic heterocycles. The van der Waals surface area contributed by atoms with Gasteiger partial charge in [0.05, 0.1) is 36.1 Å². The highest BCUT2D eigenvalue weighted by Crippen LogP contribution is 2.33. The van der Waals surface area contributed by atoms with Crippen LogP contribution in [0.3, 0.4) is 0 Å². The second-order valence-corrected chi connectivity index (χ2v) is 7.42. The van der Waals surface area contributed by atoms with Crippen molar-refractivity contribution in [2.45, 2.75) is 19.4 Å². The number of carbonyl (C=O) groups excluding carboxylic acids is 1. The zero-order valence-corrected chi connectivity index (χ0v) is 15.4. The molecule has 1 aliphatic heterocycles. The molecule has 7 heteroatoms. The summed E-state index contributed by atoms with van der Waals surface area (Å²) in [5, 5.41) is 3.94. The van der Waals surface area contributed by atoms with Crippen LogP contribution < -0.4 is 15.0 Å². The van der Waals surface area contributed by atoms with Gasteiger partial charge in [0.15, 0.2) is 5.13 Å². The lowest BCUT2D eigenvalue weighted by Crippen LogP contribution is -2.42. The van der Waals surface area contributed by atoms with Gasteiger partial charge in [0, 0.05) is 13.1 Å². The van der Waals surface area contributed by atoms with Crippen LogP contribution in [0.5, 0.6) is 5.75 Å². The van der Waals surface area contributed by atoms with Crippen molar-refractivity contribution in [3.63, 3.8) is 0 Å². The number of ether oxygens (including phenoxy) is 1. The highest BCUT2D eigenvalue weighted by molar-refractivity contribution is 7.22. The second kappa shape index (κ2) is 7.37. The first-order chi connectivity index (χ1) is 12.7. The molecule has 1 atom stereocenters. The Morgan fingerprint density at radius 1 is 1.46 bits per heavy atom. The Balaban J connectivity index is 1.43. The Bertz CT molecular complexity index is 891. The zero-order chi connectivity index (χ0) is 17.9. The predicted molar refractivity (Wildman–Crippen MR) is 102 cm³/mol. The Labute approximate surface area is 155 Å². The number of rotatable bonds is 5. The van der Waals surface area contributed by atoms with Crippen LogP contribution in [0.25, 0.3) is 10.2 Å². The van der Waals surface area contributed by atoms with Crippen LogP contribution in [0, 0.1) is 5.92 Å². The van der Waals surface area contributed by atoms with Crippen LogP contribution in [0.2, 0.25) is 0 Å². The van der Waals surface area contributed by atoms with Gasteiger partial charge in [-0.2, -0.15) is 0 Å². The molecule has 1 aliphatic rings. The summed E-state index contributed by atoms with van der Waals surface area (Å²) in [7, 11) is 1.67. The maximum Gasteiger partial charge on any atom is 0.225 e. The lowest BCUT2D eigenvalue weighted by Gasteiger charge is -2.31. The molecule has 0 bridgehead atoms. The van der Waals surface area contributed by atoms with Crippen molar-refractivity contribution >= 4 is 32.6 Å². The van der Waals surface area contributed by atoms with Crippen molar-refractivity contribution in [3.05, 3.63) is 42.4 Å². The number of furan rings is 1. The number of anilines is 1. The van der Waals surface area contributed by atoms with E-state index in [2.05, 4.69) is 10.2 Å². The van der Waals surface area contributed by atoms with E-state index in [0.717, 1.165) is 46.2 Å². The largest absolute Gasteiger partial charge is 0.497 e. The van der Waals surface area contributed by atoms with Gasteiger partial charge >= 0.3 is 0 Å². The van der Waals surface area contributed by atoms with Gasteiger partial charge in [0.2, 0.25) is 5.91 Å². The molecule has 0 saturated carbocycles. The topological polar surface area (TPSA) is 67.6 Å². The summed E-state index contributed by atoms with van der Waals surface area (Å²) in [6, 6.07) is 9.60. The fourth-order valence-corrected chi connectivity index (χ4v) is 4.28. The summed E-state index contributed by atoms with van der Waals surface area (Å²) in [6.07, 6.45) is 3.50. The average Bonchev–Trinajstić information content (AvgIpc) is 3.35. The molecular formula is C19H21N3O3S.